The zero-order valence-corrected chi connectivity index (χ0v) is 16.7. The summed E-state index contributed by atoms with van der Waals surface area (Å²) in [6.07, 6.45) is 5.72. The minimum absolute atomic E-state index is 0.0560. The first-order valence-corrected chi connectivity index (χ1v) is 9.53. The summed E-state index contributed by atoms with van der Waals surface area (Å²) in [5, 5.41) is 16.9. The number of nitrogens with zero attached hydrogens (tertiary/aromatic N) is 5. The van der Waals surface area contributed by atoms with Crippen LogP contribution in [0.2, 0.25) is 0 Å². The lowest BCUT2D eigenvalue weighted by molar-refractivity contribution is 0.0195. The van der Waals surface area contributed by atoms with Gasteiger partial charge < -0.3 is 20.1 Å². The maximum Gasteiger partial charge on any atom is 0.410 e. The van der Waals surface area contributed by atoms with Crippen LogP contribution < -0.4 is 5.32 Å². The number of aromatic carboxylic acids is 1. The second-order valence-electron chi connectivity index (χ2n) is 8.44. The van der Waals surface area contributed by atoms with Gasteiger partial charge in [0.25, 0.3) is 0 Å². The number of fused-ring (bicyclic) bond motifs is 1. The monoisotopic (exact) mass is 400 g/mol. The van der Waals surface area contributed by atoms with Crippen molar-refractivity contribution in [1.82, 2.24) is 24.6 Å². The fourth-order valence-corrected chi connectivity index (χ4v) is 3.31. The molecule has 0 aromatic carbocycles. The number of carboxylic acid groups (broad SMARTS) is 1. The van der Waals surface area contributed by atoms with E-state index in [1.54, 1.807) is 11.1 Å². The molecular weight excluding hydrogens is 376 g/mol. The molecule has 2 aliphatic rings. The SMILES string of the molecule is CC(C)(C)OC(=O)N1CCn2ncc(NC3(c4ncc(C(=O)O)cn4)CC3)c2C1. The Balaban J connectivity index is 1.51. The van der Waals surface area contributed by atoms with Crippen LogP contribution in [0.3, 0.4) is 0 Å². The van der Waals surface area contributed by atoms with E-state index in [-0.39, 0.29) is 11.7 Å². The van der Waals surface area contributed by atoms with Crippen LogP contribution in [0.15, 0.2) is 18.6 Å². The van der Waals surface area contributed by atoms with E-state index in [0.29, 0.717) is 25.5 Å². The van der Waals surface area contributed by atoms with E-state index in [0.717, 1.165) is 24.2 Å². The van der Waals surface area contributed by atoms with Crippen molar-refractivity contribution in [3.63, 3.8) is 0 Å². The van der Waals surface area contributed by atoms with Crippen molar-refractivity contribution in [2.24, 2.45) is 0 Å². The van der Waals surface area contributed by atoms with Crippen molar-refractivity contribution in [2.45, 2.75) is 57.8 Å². The van der Waals surface area contributed by atoms with Crippen LogP contribution in [0, 0.1) is 0 Å². The first-order valence-electron chi connectivity index (χ1n) is 9.53. The molecule has 2 aromatic rings. The van der Waals surface area contributed by atoms with Gasteiger partial charge in [-0.3, -0.25) is 4.68 Å². The number of amides is 1. The maximum absolute atomic E-state index is 12.4. The highest BCUT2D eigenvalue weighted by molar-refractivity contribution is 5.86. The summed E-state index contributed by atoms with van der Waals surface area (Å²) in [7, 11) is 0. The molecule has 0 radical (unpaired) electrons. The zero-order valence-electron chi connectivity index (χ0n) is 16.7. The molecule has 2 N–H and O–H groups in total. The van der Waals surface area contributed by atoms with Gasteiger partial charge in [0, 0.05) is 18.9 Å². The Kier molecular flexibility index (Phi) is 4.44. The van der Waals surface area contributed by atoms with E-state index in [1.807, 2.05) is 25.5 Å². The summed E-state index contributed by atoms with van der Waals surface area (Å²) in [5.74, 6) is -0.496. The predicted octanol–water partition coefficient (Wildman–Crippen LogP) is 2.22. The van der Waals surface area contributed by atoms with E-state index in [9.17, 15) is 9.59 Å². The van der Waals surface area contributed by atoms with Gasteiger partial charge in [0.1, 0.15) is 5.60 Å². The molecule has 3 heterocycles. The van der Waals surface area contributed by atoms with Crippen molar-refractivity contribution in [3.8, 4) is 0 Å². The Morgan fingerprint density at radius 2 is 1.86 bits per heavy atom. The van der Waals surface area contributed by atoms with Crippen LogP contribution in [0.1, 0.15) is 55.5 Å². The van der Waals surface area contributed by atoms with Gasteiger partial charge in [0.2, 0.25) is 0 Å². The highest BCUT2D eigenvalue weighted by atomic mass is 16.6. The number of nitrogens with one attached hydrogen (secondary N) is 1. The topological polar surface area (TPSA) is 122 Å². The third-order valence-electron chi connectivity index (χ3n) is 4.97. The Bertz CT molecular complexity index is 943. The molecule has 0 unspecified atom stereocenters. The van der Waals surface area contributed by atoms with Gasteiger partial charge in [-0.2, -0.15) is 5.10 Å². The number of aromatic nitrogens is 4. The lowest BCUT2D eigenvalue weighted by Gasteiger charge is -2.31. The van der Waals surface area contributed by atoms with Gasteiger partial charge in [-0.05, 0) is 33.6 Å². The number of carbonyl (C=O) groups is 2. The average Bonchev–Trinajstić information content (AvgIpc) is 3.34. The zero-order chi connectivity index (χ0) is 20.8. The van der Waals surface area contributed by atoms with Crippen molar-refractivity contribution in [3.05, 3.63) is 35.7 Å². The molecule has 2 aromatic heterocycles. The number of carbonyl (C=O) groups excluding carboxylic acids is 1. The number of rotatable bonds is 4. The normalized spacial score (nSPS) is 17.4. The lowest BCUT2D eigenvalue weighted by Crippen LogP contribution is -2.41. The Morgan fingerprint density at radius 1 is 1.17 bits per heavy atom. The van der Waals surface area contributed by atoms with Gasteiger partial charge in [0.05, 0.1) is 41.8 Å². The largest absolute Gasteiger partial charge is 0.478 e. The van der Waals surface area contributed by atoms with Crippen LogP contribution in [0.5, 0.6) is 0 Å². The summed E-state index contributed by atoms with van der Waals surface area (Å²) in [6, 6.07) is 0. The molecule has 1 aliphatic carbocycles. The van der Waals surface area contributed by atoms with Gasteiger partial charge in [-0.1, -0.05) is 0 Å². The summed E-state index contributed by atoms with van der Waals surface area (Å²) in [6.45, 7) is 7.06. The summed E-state index contributed by atoms with van der Waals surface area (Å²) in [5.41, 5.74) is 0.792. The van der Waals surface area contributed by atoms with E-state index in [4.69, 9.17) is 9.84 Å². The minimum Gasteiger partial charge on any atom is -0.478 e. The van der Waals surface area contributed by atoms with Crippen molar-refractivity contribution in [2.75, 3.05) is 11.9 Å². The smallest absolute Gasteiger partial charge is 0.410 e. The number of hydrogen-bond acceptors (Lipinski definition) is 7. The molecule has 0 atom stereocenters. The van der Waals surface area contributed by atoms with Gasteiger partial charge in [0.15, 0.2) is 5.82 Å². The fraction of sp³-hybridized carbons (Fsp3) is 0.526. The molecule has 10 heteroatoms. The van der Waals surface area contributed by atoms with Gasteiger partial charge in [-0.25, -0.2) is 19.6 Å². The van der Waals surface area contributed by atoms with Gasteiger partial charge >= 0.3 is 12.1 Å². The number of anilines is 1. The van der Waals surface area contributed by atoms with E-state index >= 15 is 0 Å². The number of carboxylic acids is 1. The number of ether oxygens (including phenoxy) is 1. The standard InChI is InChI=1S/C19H24N6O4/c1-18(2,3)29-17(28)24-6-7-25-14(11-24)13(10-22-25)23-19(4-5-19)16-20-8-12(9-21-16)15(26)27/h8-10,23H,4-7,11H2,1-3H3,(H,26,27). The van der Waals surface area contributed by atoms with E-state index < -0.39 is 17.1 Å². The molecule has 10 nitrogen and oxygen atoms in total. The average molecular weight is 400 g/mol. The lowest BCUT2D eigenvalue weighted by atomic mass is 10.2. The second-order valence-corrected chi connectivity index (χ2v) is 8.44. The third kappa shape index (κ3) is 3.87. The Morgan fingerprint density at radius 3 is 2.45 bits per heavy atom. The first kappa shape index (κ1) is 19.2. The van der Waals surface area contributed by atoms with Gasteiger partial charge in [-0.15, -0.1) is 0 Å². The molecule has 0 saturated heterocycles. The molecule has 154 valence electrons. The molecule has 4 rings (SSSR count). The summed E-state index contributed by atoms with van der Waals surface area (Å²) >= 11 is 0. The Hall–Kier alpha value is -3.17. The van der Waals surface area contributed by atoms with Crippen LogP contribution >= 0.6 is 0 Å². The molecule has 1 fully saturated rings. The molecule has 0 bridgehead atoms. The quantitative estimate of drug-likeness (QED) is 0.801. The van der Waals surface area contributed by atoms with E-state index in [1.165, 1.54) is 12.4 Å². The van der Waals surface area contributed by atoms with Crippen LogP contribution in [-0.2, 0) is 23.4 Å². The van der Waals surface area contributed by atoms with Crippen molar-refractivity contribution >= 4 is 17.7 Å². The van der Waals surface area contributed by atoms with Crippen LogP contribution in [0.25, 0.3) is 0 Å². The van der Waals surface area contributed by atoms with Crippen molar-refractivity contribution in [1.29, 1.82) is 0 Å². The first-order chi connectivity index (χ1) is 13.7. The maximum atomic E-state index is 12.4. The second kappa shape index (κ2) is 6.71. The molecule has 1 amide bonds. The minimum atomic E-state index is -1.05. The highest BCUT2D eigenvalue weighted by Crippen LogP contribution is 2.47. The summed E-state index contributed by atoms with van der Waals surface area (Å²) in [4.78, 5) is 33.6. The van der Waals surface area contributed by atoms with Crippen LogP contribution in [0.4, 0.5) is 10.5 Å². The Labute approximate surface area is 167 Å². The molecule has 29 heavy (non-hydrogen) atoms. The molecule has 1 saturated carbocycles. The van der Waals surface area contributed by atoms with Crippen molar-refractivity contribution < 1.29 is 19.4 Å². The van der Waals surface area contributed by atoms with Crippen LogP contribution in [-0.4, -0.2) is 54.0 Å². The third-order valence-corrected chi connectivity index (χ3v) is 4.97. The van der Waals surface area contributed by atoms with E-state index in [2.05, 4.69) is 20.4 Å². The highest BCUT2D eigenvalue weighted by Gasteiger charge is 2.48. The number of hydrogen-bond donors (Lipinski definition) is 2. The molecule has 1 aliphatic heterocycles. The predicted molar refractivity (Wildman–Crippen MR) is 102 cm³/mol. The summed E-state index contributed by atoms with van der Waals surface area (Å²) < 4.78 is 7.37. The molecular formula is C19H24N6O4. The fourth-order valence-electron chi connectivity index (χ4n) is 3.31. The molecule has 0 spiro atoms.